The van der Waals surface area contributed by atoms with Gasteiger partial charge in [-0.1, -0.05) is 43.6 Å². The Bertz CT molecular complexity index is 920. The molecule has 4 unspecified atom stereocenters. The van der Waals surface area contributed by atoms with E-state index in [9.17, 15) is 18.3 Å². The van der Waals surface area contributed by atoms with Crippen LogP contribution in [-0.2, 0) is 11.8 Å². The quantitative estimate of drug-likeness (QED) is 0.636. The van der Waals surface area contributed by atoms with Gasteiger partial charge in [0.2, 0.25) is 0 Å². The zero-order valence-corrected chi connectivity index (χ0v) is 18.0. The minimum Gasteiger partial charge on any atom is -0.497 e. The molecule has 0 aromatic heterocycles. The molecule has 1 aliphatic carbocycles. The van der Waals surface area contributed by atoms with Gasteiger partial charge >= 0.3 is 6.18 Å². The smallest absolute Gasteiger partial charge is 0.417 e. The molecule has 0 heterocycles. The third kappa shape index (κ3) is 3.59. The third-order valence-corrected chi connectivity index (χ3v) is 7.31. The van der Waals surface area contributed by atoms with Crippen LogP contribution < -0.4 is 10.5 Å². The summed E-state index contributed by atoms with van der Waals surface area (Å²) in [7, 11) is 1.55. The summed E-state index contributed by atoms with van der Waals surface area (Å²) in [6.07, 6.45) is -3.24. The fraction of sp³-hybridized carbons (Fsp3) is 0.478. The molecule has 1 aliphatic rings. The molecule has 0 saturated heterocycles. The van der Waals surface area contributed by atoms with Gasteiger partial charge < -0.3 is 15.6 Å². The van der Waals surface area contributed by atoms with Crippen molar-refractivity contribution >= 4 is 11.6 Å². The second kappa shape index (κ2) is 8.06. The van der Waals surface area contributed by atoms with E-state index in [0.29, 0.717) is 12.2 Å². The van der Waals surface area contributed by atoms with E-state index in [2.05, 4.69) is 0 Å². The largest absolute Gasteiger partial charge is 0.497 e. The average molecular weight is 442 g/mol. The Morgan fingerprint density at radius 1 is 1.20 bits per heavy atom. The van der Waals surface area contributed by atoms with E-state index < -0.39 is 33.7 Å². The van der Waals surface area contributed by atoms with E-state index >= 15 is 0 Å². The van der Waals surface area contributed by atoms with E-state index in [0.717, 1.165) is 18.1 Å². The summed E-state index contributed by atoms with van der Waals surface area (Å²) in [6, 6.07) is 11.0. The number of rotatable bonds is 4. The fourth-order valence-corrected chi connectivity index (χ4v) is 5.08. The SMILES string of the molecule is COc1cccc(C2CCC(C)C(C)(CN)C2(O)c2ccc(Cl)c(C(F)(F)F)c2)c1. The Morgan fingerprint density at radius 3 is 2.50 bits per heavy atom. The van der Waals surface area contributed by atoms with Crippen molar-refractivity contribution in [2.24, 2.45) is 17.1 Å². The summed E-state index contributed by atoms with van der Waals surface area (Å²) < 4.78 is 46.1. The van der Waals surface area contributed by atoms with Crippen molar-refractivity contribution in [3.05, 3.63) is 64.2 Å². The van der Waals surface area contributed by atoms with Crippen molar-refractivity contribution in [1.82, 2.24) is 0 Å². The monoisotopic (exact) mass is 441 g/mol. The van der Waals surface area contributed by atoms with Gasteiger partial charge in [-0.05, 0) is 54.2 Å². The molecule has 7 heteroatoms. The molecule has 2 aromatic rings. The predicted molar refractivity (Wildman–Crippen MR) is 112 cm³/mol. The maximum atomic E-state index is 13.6. The van der Waals surface area contributed by atoms with Crippen LogP contribution in [0.3, 0.4) is 0 Å². The van der Waals surface area contributed by atoms with Crippen LogP contribution in [0.25, 0.3) is 0 Å². The summed E-state index contributed by atoms with van der Waals surface area (Å²) in [4.78, 5) is 0. The van der Waals surface area contributed by atoms with Gasteiger partial charge in [0.1, 0.15) is 11.4 Å². The van der Waals surface area contributed by atoms with E-state index in [1.165, 1.54) is 12.1 Å². The molecule has 0 spiro atoms. The van der Waals surface area contributed by atoms with Crippen molar-refractivity contribution < 1.29 is 23.0 Å². The Morgan fingerprint density at radius 2 is 1.90 bits per heavy atom. The summed E-state index contributed by atoms with van der Waals surface area (Å²) in [6.45, 7) is 3.96. The van der Waals surface area contributed by atoms with Crippen LogP contribution in [0.2, 0.25) is 5.02 Å². The predicted octanol–water partition coefficient (Wildman–Crippen LogP) is 5.73. The first-order valence-corrected chi connectivity index (χ1v) is 10.3. The lowest BCUT2D eigenvalue weighted by Gasteiger charge is -2.56. The van der Waals surface area contributed by atoms with Gasteiger partial charge in [0.15, 0.2) is 0 Å². The van der Waals surface area contributed by atoms with Crippen molar-refractivity contribution in [2.45, 2.75) is 44.4 Å². The van der Waals surface area contributed by atoms with Crippen LogP contribution in [0.1, 0.15) is 49.3 Å². The third-order valence-electron chi connectivity index (χ3n) is 6.98. The Kier molecular flexibility index (Phi) is 6.16. The maximum absolute atomic E-state index is 13.6. The van der Waals surface area contributed by atoms with Gasteiger partial charge in [-0.3, -0.25) is 0 Å². The van der Waals surface area contributed by atoms with Crippen LogP contribution in [0.5, 0.6) is 5.75 Å². The molecule has 30 heavy (non-hydrogen) atoms. The molecule has 3 nitrogen and oxygen atoms in total. The summed E-state index contributed by atoms with van der Waals surface area (Å²) >= 11 is 5.85. The summed E-state index contributed by atoms with van der Waals surface area (Å²) in [5, 5.41) is 11.9. The zero-order valence-electron chi connectivity index (χ0n) is 17.3. The second-order valence-electron chi connectivity index (χ2n) is 8.39. The van der Waals surface area contributed by atoms with Gasteiger partial charge in [-0.15, -0.1) is 0 Å². The molecular weight excluding hydrogens is 415 g/mol. The standard InChI is InChI=1S/C23H27ClF3NO2/c1-14-7-9-18(15-5-4-6-17(11-15)30-3)22(29,21(14,2)13-28)16-8-10-20(24)19(12-16)23(25,26)27/h4-6,8,10-12,14,18,29H,7,9,13,28H2,1-3H3. The molecule has 3 rings (SSSR count). The molecular formula is C23H27ClF3NO2. The van der Waals surface area contributed by atoms with Gasteiger partial charge in [-0.25, -0.2) is 0 Å². The van der Waals surface area contributed by atoms with Crippen LogP contribution >= 0.6 is 11.6 Å². The molecule has 0 bridgehead atoms. The Hall–Kier alpha value is -1.76. The molecule has 3 N–H and O–H groups in total. The normalized spacial score (nSPS) is 29.6. The number of aliphatic hydroxyl groups is 1. The van der Waals surface area contributed by atoms with Gasteiger partial charge in [0.25, 0.3) is 0 Å². The van der Waals surface area contributed by atoms with E-state index in [4.69, 9.17) is 22.1 Å². The number of hydrogen-bond acceptors (Lipinski definition) is 3. The number of ether oxygens (including phenoxy) is 1. The van der Waals surface area contributed by atoms with E-state index in [1.807, 2.05) is 32.0 Å². The van der Waals surface area contributed by atoms with Crippen molar-refractivity contribution in [3.8, 4) is 5.75 Å². The number of methoxy groups -OCH3 is 1. The molecule has 0 amide bonds. The average Bonchev–Trinajstić information content (AvgIpc) is 2.71. The highest BCUT2D eigenvalue weighted by Crippen LogP contribution is 2.59. The number of benzene rings is 2. The highest BCUT2D eigenvalue weighted by molar-refractivity contribution is 6.31. The molecule has 1 fully saturated rings. The van der Waals surface area contributed by atoms with Crippen LogP contribution in [-0.4, -0.2) is 18.8 Å². The molecule has 1 saturated carbocycles. The minimum atomic E-state index is -4.63. The van der Waals surface area contributed by atoms with Crippen LogP contribution in [0.15, 0.2) is 42.5 Å². The number of halogens is 4. The Balaban J connectivity index is 2.27. The summed E-state index contributed by atoms with van der Waals surface area (Å²) in [5.41, 5.74) is 3.69. The van der Waals surface area contributed by atoms with Crippen LogP contribution in [0, 0.1) is 11.3 Å². The topological polar surface area (TPSA) is 55.5 Å². The van der Waals surface area contributed by atoms with Crippen molar-refractivity contribution in [3.63, 3.8) is 0 Å². The first kappa shape index (κ1) is 22.9. The molecule has 2 aromatic carbocycles. The lowest BCUT2D eigenvalue weighted by atomic mass is 9.51. The molecule has 164 valence electrons. The van der Waals surface area contributed by atoms with Gasteiger partial charge in [0.05, 0.1) is 17.7 Å². The first-order valence-electron chi connectivity index (χ1n) is 9.92. The van der Waals surface area contributed by atoms with Gasteiger partial charge in [0, 0.05) is 17.9 Å². The fourth-order valence-electron chi connectivity index (χ4n) is 4.85. The van der Waals surface area contributed by atoms with Gasteiger partial charge in [-0.2, -0.15) is 13.2 Å². The lowest BCUT2D eigenvalue weighted by molar-refractivity contribution is -0.152. The first-order chi connectivity index (χ1) is 14.0. The van der Waals surface area contributed by atoms with E-state index in [1.54, 1.807) is 13.2 Å². The molecule has 0 radical (unpaired) electrons. The highest BCUT2D eigenvalue weighted by atomic mass is 35.5. The maximum Gasteiger partial charge on any atom is 0.417 e. The van der Waals surface area contributed by atoms with Crippen molar-refractivity contribution in [1.29, 1.82) is 0 Å². The second-order valence-corrected chi connectivity index (χ2v) is 8.80. The van der Waals surface area contributed by atoms with Crippen LogP contribution in [0.4, 0.5) is 13.2 Å². The van der Waals surface area contributed by atoms with E-state index in [-0.39, 0.29) is 18.0 Å². The zero-order chi connectivity index (χ0) is 22.3. The molecule has 0 aliphatic heterocycles. The number of hydrogen-bond donors (Lipinski definition) is 2. The number of alkyl halides is 3. The molecule has 4 atom stereocenters. The minimum absolute atomic E-state index is 0.000581. The Labute approximate surface area is 180 Å². The highest BCUT2D eigenvalue weighted by Gasteiger charge is 2.58. The lowest BCUT2D eigenvalue weighted by Crippen LogP contribution is -2.58. The summed E-state index contributed by atoms with van der Waals surface area (Å²) in [5.74, 6) is 0.161. The number of nitrogens with two attached hydrogens (primary N) is 1. The van der Waals surface area contributed by atoms with Crippen molar-refractivity contribution in [2.75, 3.05) is 13.7 Å².